The number of rotatable bonds is 11. The summed E-state index contributed by atoms with van der Waals surface area (Å²) < 4.78 is 26.4. The number of benzene rings is 1. The summed E-state index contributed by atoms with van der Waals surface area (Å²) in [6, 6.07) is 6.05. The van der Waals surface area contributed by atoms with Crippen LogP contribution in [0.15, 0.2) is 29.2 Å². The van der Waals surface area contributed by atoms with Crippen molar-refractivity contribution in [2.45, 2.75) is 32.1 Å². The van der Waals surface area contributed by atoms with E-state index in [9.17, 15) is 18.0 Å². The van der Waals surface area contributed by atoms with Gasteiger partial charge in [0.1, 0.15) is 0 Å². The minimum absolute atomic E-state index is 0. The van der Waals surface area contributed by atoms with Gasteiger partial charge in [0.15, 0.2) is 0 Å². The van der Waals surface area contributed by atoms with E-state index in [0.29, 0.717) is 25.3 Å². The lowest BCUT2D eigenvalue weighted by atomic mass is 10.3. The van der Waals surface area contributed by atoms with E-state index in [-0.39, 0.29) is 30.4 Å². The van der Waals surface area contributed by atoms with E-state index >= 15 is 0 Å². The Kier molecular flexibility index (Phi) is 11.2. The molecule has 0 atom stereocenters. The second kappa shape index (κ2) is 11.9. The van der Waals surface area contributed by atoms with Crippen LogP contribution in [0, 0.1) is 0 Å². The van der Waals surface area contributed by atoms with Gasteiger partial charge in [0, 0.05) is 18.8 Å². The summed E-state index contributed by atoms with van der Waals surface area (Å²) in [5.41, 5.74) is 0.356. The number of carboxylic acids is 1. The van der Waals surface area contributed by atoms with Gasteiger partial charge in [-0.15, -0.1) is 12.4 Å². The van der Waals surface area contributed by atoms with E-state index in [1.54, 1.807) is 26.0 Å². The van der Waals surface area contributed by atoms with Crippen LogP contribution in [0.1, 0.15) is 27.2 Å². The number of anilines is 1. The minimum Gasteiger partial charge on any atom is -0.480 e. The molecule has 0 saturated heterocycles. The lowest BCUT2D eigenvalue weighted by molar-refractivity contribution is -0.138. The Morgan fingerprint density at radius 3 is 2.26 bits per heavy atom. The van der Waals surface area contributed by atoms with Crippen molar-refractivity contribution in [3.63, 3.8) is 0 Å². The van der Waals surface area contributed by atoms with E-state index < -0.39 is 21.9 Å². The number of nitrogens with zero attached hydrogens (tertiary/aromatic N) is 2. The molecule has 0 bridgehead atoms. The summed E-state index contributed by atoms with van der Waals surface area (Å²) in [5, 5.41) is 11.5. The normalized spacial score (nSPS) is 11.3. The van der Waals surface area contributed by atoms with Crippen molar-refractivity contribution in [3.05, 3.63) is 24.3 Å². The number of carboxylic acid groups (broad SMARTS) is 1. The van der Waals surface area contributed by atoms with E-state index in [1.165, 1.54) is 21.3 Å². The zero-order valence-corrected chi connectivity index (χ0v) is 17.5. The van der Waals surface area contributed by atoms with Crippen LogP contribution in [0.2, 0.25) is 0 Å². The van der Waals surface area contributed by atoms with Gasteiger partial charge in [0.05, 0.1) is 18.0 Å². The molecule has 0 unspecified atom stereocenters. The molecule has 0 saturated carbocycles. The Balaban J connectivity index is 0.00000676. The first-order valence-electron chi connectivity index (χ1n) is 8.58. The molecule has 1 amide bonds. The van der Waals surface area contributed by atoms with E-state index in [4.69, 9.17) is 5.11 Å². The molecule has 0 fully saturated rings. The number of amides is 1. The fourth-order valence-electron chi connectivity index (χ4n) is 2.57. The summed E-state index contributed by atoms with van der Waals surface area (Å²) in [6.07, 6.45) is 0.720. The van der Waals surface area contributed by atoms with Gasteiger partial charge >= 0.3 is 5.97 Å². The molecule has 154 valence electrons. The Bertz CT molecular complexity index is 723. The number of carbonyl (C=O) groups excluding carboxylic acids is 1. The third-order valence-electron chi connectivity index (χ3n) is 3.73. The topological polar surface area (TPSA) is 107 Å². The molecule has 0 aliphatic heterocycles. The molecule has 1 rings (SSSR count). The van der Waals surface area contributed by atoms with Crippen LogP contribution in [0.3, 0.4) is 0 Å². The summed E-state index contributed by atoms with van der Waals surface area (Å²) in [5.74, 6) is -1.39. The van der Waals surface area contributed by atoms with Gasteiger partial charge in [0.25, 0.3) is 0 Å². The lowest BCUT2D eigenvalue weighted by Gasteiger charge is -2.20. The highest BCUT2D eigenvalue weighted by molar-refractivity contribution is 7.89. The Hall–Kier alpha value is -1.68. The Morgan fingerprint density at radius 2 is 1.74 bits per heavy atom. The average molecular weight is 422 g/mol. The van der Waals surface area contributed by atoms with Gasteiger partial charge < -0.3 is 10.4 Å². The predicted octanol–water partition coefficient (Wildman–Crippen LogP) is 1.87. The van der Waals surface area contributed by atoms with Crippen LogP contribution in [0.4, 0.5) is 5.69 Å². The first kappa shape index (κ1) is 25.3. The maximum atomic E-state index is 12.6. The fourth-order valence-corrected chi connectivity index (χ4v) is 4.08. The molecule has 0 aromatic heterocycles. The molecule has 0 spiro atoms. The van der Waals surface area contributed by atoms with E-state index in [0.717, 1.165) is 6.42 Å². The van der Waals surface area contributed by atoms with Crippen LogP contribution in [0.5, 0.6) is 0 Å². The number of hydrogen-bond acceptors (Lipinski definition) is 5. The molecular formula is C17H28ClN3O5S. The average Bonchev–Trinajstić information content (AvgIpc) is 2.55. The highest BCUT2D eigenvalue weighted by Crippen LogP contribution is 2.19. The Morgan fingerprint density at radius 1 is 1.11 bits per heavy atom. The van der Waals surface area contributed by atoms with Crippen LogP contribution < -0.4 is 5.32 Å². The summed E-state index contributed by atoms with van der Waals surface area (Å²) >= 11 is 0. The van der Waals surface area contributed by atoms with Crippen molar-refractivity contribution < 1.29 is 23.1 Å². The second-order valence-corrected chi connectivity index (χ2v) is 7.71. The van der Waals surface area contributed by atoms with Crippen molar-refractivity contribution in [1.82, 2.24) is 9.21 Å². The molecule has 10 heteroatoms. The molecule has 1 aromatic rings. The van der Waals surface area contributed by atoms with Gasteiger partial charge in [-0.1, -0.05) is 26.8 Å². The van der Waals surface area contributed by atoms with Gasteiger partial charge in [-0.05, 0) is 31.2 Å². The molecule has 2 N–H and O–H groups in total. The van der Waals surface area contributed by atoms with Crippen LogP contribution in [-0.4, -0.2) is 67.3 Å². The minimum atomic E-state index is -3.61. The smallest absolute Gasteiger partial charge is 0.317 e. The monoisotopic (exact) mass is 421 g/mol. The highest BCUT2D eigenvalue weighted by atomic mass is 35.5. The maximum Gasteiger partial charge on any atom is 0.317 e. The van der Waals surface area contributed by atoms with Crippen LogP contribution in [-0.2, 0) is 19.6 Å². The van der Waals surface area contributed by atoms with Gasteiger partial charge in [-0.25, -0.2) is 8.42 Å². The Labute approximate surface area is 167 Å². The van der Waals surface area contributed by atoms with Crippen molar-refractivity contribution >= 4 is 40.0 Å². The van der Waals surface area contributed by atoms with Crippen molar-refractivity contribution in [2.75, 3.05) is 38.0 Å². The third-order valence-corrected chi connectivity index (χ3v) is 5.77. The van der Waals surface area contributed by atoms with Gasteiger partial charge in [0.2, 0.25) is 15.9 Å². The summed E-state index contributed by atoms with van der Waals surface area (Å²) in [4.78, 5) is 24.7. The summed E-state index contributed by atoms with van der Waals surface area (Å²) in [6.45, 7) is 6.32. The zero-order valence-electron chi connectivity index (χ0n) is 15.8. The van der Waals surface area contributed by atoms with Crippen molar-refractivity contribution in [3.8, 4) is 0 Å². The fraction of sp³-hybridized carbons (Fsp3) is 0.529. The molecule has 27 heavy (non-hydrogen) atoms. The molecule has 1 aromatic carbocycles. The lowest BCUT2D eigenvalue weighted by Crippen LogP contribution is -2.37. The SMILES string of the molecule is CCCN(CC(=O)O)CC(=O)Nc1cccc(S(=O)(=O)N(CC)CC)c1.Cl. The highest BCUT2D eigenvalue weighted by Gasteiger charge is 2.22. The van der Waals surface area contributed by atoms with Crippen molar-refractivity contribution in [1.29, 1.82) is 0 Å². The summed E-state index contributed by atoms with van der Waals surface area (Å²) in [7, 11) is -3.61. The quantitative estimate of drug-likeness (QED) is 0.564. The van der Waals surface area contributed by atoms with E-state index in [1.807, 2.05) is 6.92 Å². The van der Waals surface area contributed by atoms with E-state index in [2.05, 4.69) is 5.32 Å². The van der Waals surface area contributed by atoms with Gasteiger partial charge in [-0.3, -0.25) is 14.5 Å². The third kappa shape index (κ3) is 7.84. The number of sulfonamides is 1. The number of aliphatic carboxylic acids is 1. The standard InChI is InChI=1S/C17H27N3O5S.ClH/c1-4-10-19(13-17(22)23)12-16(21)18-14-8-7-9-15(11-14)26(24,25)20(5-2)6-3;/h7-9,11H,4-6,10,12-13H2,1-3H3,(H,18,21)(H,22,23);1H. The number of nitrogens with one attached hydrogen (secondary N) is 1. The molecule has 0 aliphatic carbocycles. The first-order chi connectivity index (χ1) is 12.2. The second-order valence-electron chi connectivity index (χ2n) is 5.77. The molecule has 0 aliphatic rings. The predicted molar refractivity (Wildman–Crippen MR) is 107 cm³/mol. The molecular weight excluding hydrogens is 394 g/mol. The zero-order chi connectivity index (χ0) is 19.7. The molecule has 8 nitrogen and oxygen atoms in total. The van der Waals surface area contributed by atoms with Crippen LogP contribution >= 0.6 is 12.4 Å². The maximum absolute atomic E-state index is 12.6. The van der Waals surface area contributed by atoms with Crippen LogP contribution in [0.25, 0.3) is 0 Å². The first-order valence-corrected chi connectivity index (χ1v) is 10.0. The largest absolute Gasteiger partial charge is 0.480 e. The van der Waals surface area contributed by atoms with Gasteiger partial charge in [-0.2, -0.15) is 4.31 Å². The number of halogens is 1. The molecule has 0 heterocycles. The van der Waals surface area contributed by atoms with Crippen molar-refractivity contribution in [2.24, 2.45) is 0 Å². The number of carbonyl (C=O) groups is 2. The molecule has 0 radical (unpaired) electrons. The number of hydrogen-bond donors (Lipinski definition) is 2.